The van der Waals surface area contributed by atoms with E-state index in [0.717, 1.165) is 12.1 Å². The first kappa shape index (κ1) is 16.2. The standard InChI is InChI=1S/C13H19F2N3O2/c1-3-18(5-6-20-4-2)12-10(14)7-9(8-11(12)15)13(16)17-19/h7-8,19H,3-6H2,1-2H3,(H2,16,17). The summed E-state index contributed by atoms with van der Waals surface area (Å²) in [6.07, 6.45) is 0. The number of oxime groups is 1. The van der Waals surface area contributed by atoms with Crippen molar-refractivity contribution in [2.45, 2.75) is 13.8 Å². The highest BCUT2D eigenvalue weighted by Gasteiger charge is 2.18. The lowest BCUT2D eigenvalue weighted by atomic mass is 10.1. The monoisotopic (exact) mass is 287 g/mol. The molecule has 0 aromatic heterocycles. The van der Waals surface area contributed by atoms with Crippen LogP contribution in [-0.2, 0) is 4.74 Å². The highest BCUT2D eigenvalue weighted by molar-refractivity contribution is 5.97. The summed E-state index contributed by atoms with van der Waals surface area (Å²) in [6.45, 7) is 5.38. The lowest BCUT2D eigenvalue weighted by molar-refractivity contribution is 0.154. The highest BCUT2D eigenvalue weighted by atomic mass is 19.1. The van der Waals surface area contributed by atoms with Gasteiger partial charge in [0.15, 0.2) is 5.84 Å². The Bertz CT molecular complexity index is 458. The Morgan fingerprint density at radius 1 is 1.35 bits per heavy atom. The van der Waals surface area contributed by atoms with E-state index in [1.165, 1.54) is 4.90 Å². The number of likely N-dealkylation sites (N-methyl/N-ethyl adjacent to an activating group) is 1. The van der Waals surface area contributed by atoms with Crippen LogP contribution in [0.2, 0.25) is 0 Å². The van der Waals surface area contributed by atoms with Gasteiger partial charge in [-0.2, -0.15) is 0 Å². The Balaban J connectivity index is 3.04. The van der Waals surface area contributed by atoms with Crippen molar-refractivity contribution in [3.05, 3.63) is 29.3 Å². The summed E-state index contributed by atoms with van der Waals surface area (Å²) in [4.78, 5) is 1.54. The fourth-order valence-corrected chi connectivity index (χ4v) is 1.82. The van der Waals surface area contributed by atoms with E-state index in [1.54, 1.807) is 6.92 Å². The molecule has 0 amide bonds. The van der Waals surface area contributed by atoms with Gasteiger partial charge in [-0.1, -0.05) is 5.16 Å². The first-order valence-corrected chi connectivity index (χ1v) is 6.34. The average molecular weight is 287 g/mol. The van der Waals surface area contributed by atoms with E-state index in [1.807, 2.05) is 6.92 Å². The summed E-state index contributed by atoms with van der Waals surface area (Å²) in [6, 6.07) is 2.08. The van der Waals surface area contributed by atoms with Gasteiger partial charge < -0.3 is 20.6 Å². The molecule has 0 aliphatic heterocycles. The van der Waals surface area contributed by atoms with Crippen LogP contribution >= 0.6 is 0 Å². The van der Waals surface area contributed by atoms with Crippen LogP contribution in [0.4, 0.5) is 14.5 Å². The molecule has 0 fully saturated rings. The summed E-state index contributed by atoms with van der Waals surface area (Å²) in [5, 5.41) is 11.3. The number of ether oxygens (including phenoxy) is 1. The predicted molar refractivity (Wildman–Crippen MR) is 73.2 cm³/mol. The smallest absolute Gasteiger partial charge is 0.170 e. The van der Waals surface area contributed by atoms with Gasteiger partial charge in [-0.05, 0) is 26.0 Å². The largest absolute Gasteiger partial charge is 0.409 e. The molecule has 0 bridgehead atoms. The van der Waals surface area contributed by atoms with Crippen LogP contribution in [0, 0.1) is 11.6 Å². The third-order valence-corrected chi connectivity index (χ3v) is 2.83. The minimum absolute atomic E-state index is 0.00730. The lowest BCUT2D eigenvalue weighted by Crippen LogP contribution is -2.29. The van der Waals surface area contributed by atoms with Crippen molar-refractivity contribution in [2.24, 2.45) is 10.9 Å². The van der Waals surface area contributed by atoms with Crippen LogP contribution in [0.15, 0.2) is 17.3 Å². The maximum absolute atomic E-state index is 14.0. The second-order valence-corrected chi connectivity index (χ2v) is 4.05. The molecule has 0 saturated heterocycles. The number of anilines is 1. The number of rotatable bonds is 7. The van der Waals surface area contributed by atoms with E-state index in [9.17, 15) is 8.78 Å². The van der Waals surface area contributed by atoms with Crippen molar-refractivity contribution >= 4 is 11.5 Å². The normalized spacial score (nSPS) is 11.7. The number of nitrogens with two attached hydrogens (primary N) is 1. The van der Waals surface area contributed by atoms with Crippen LogP contribution in [0.25, 0.3) is 0 Å². The molecule has 0 heterocycles. The van der Waals surface area contributed by atoms with Gasteiger partial charge in [0.25, 0.3) is 0 Å². The maximum atomic E-state index is 14.0. The molecular weight excluding hydrogens is 268 g/mol. The molecule has 0 aliphatic carbocycles. The fourth-order valence-electron chi connectivity index (χ4n) is 1.82. The molecule has 0 aliphatic rings. The Labute approximate surface area is 116 Å². The van der Waals surface area contributed by atoms with Crippen molar-refractivity contribution in [2.75, 3.05) is 31.2 Å². The van der Waals surface area contributed by atoms with E-state index in [2.05, 4.69) is 5.16 Å². The molecular formula is C13H19F2N3O2. The van der Waals surface area contributed by atoms with Gasteiger partial charge in [0.1, 0.15) is 17.3 Å². The molecule has 3 N–H and O–H groups in total. The van der Waals surface area contributed by atoms with E-state index in [-0.39, 0.29) is 17.1 Å². The minimum Gasteiger partial charge on any atom is -0.409 e. The van der Waals surface area contributed by atoms with Crippen molar-refractivity contribution < 1.29 is 18.7 Å². The van der Waals surface area contributed by atoms with E-state index in [4.69, 9.17) is 15.7 Å². The van der Waals surface area contributed by atoms with Crippen LogP contribution in [0.5, 0.6) is 0 Å². The van der Waals surface area contributed by atoms with Crippen molar-refractivity contribution in [3.63, 3.8) is 0 Å². The second-order valence-electron chi connectivity index (χ2n) is 4.05. The van der Waals surface area contributed by atoms with Crippen LogP contribution in [0.3, 0.4) is 0 Å². The van der Waals surface area contributed by atoms with Gasteiger partial charge in [-0.15, -0.1) is 0 Å². The van der Waals surface area contributed by atoms with Crippen LogP contribution in [0.1, 0.15) is 19.4 Å². The van der Waals surface area contributed by atoms with Gasteiger partial charge >= 0.3 is 0 Å². The Morgan fingerprint density at radius 3 is 2.40 bits per heavy atom. The molecule has 20 heavy (non-hydrogen) atoms. The van der Waals surface area contributed by atoms with Crippen molar-refractivity contribution in [1.29, 1.82) is 0 Å². The zero-order chi connectivity index (χ0) is 15.1. The fraction of sp³-hybridized carbons (Fsp3) is 0.462. The molecule has 0 radical (unpaired) electrons. The molecule has 112 valence electrons. The minimum atomic E-state index is -0.759. The molecule has 0 atom stereocenters. The Kier molecular flexibility index (Phi) is 6.17. The molecule has 0 saturated carbocycles. The zero-order valence-electron chi connectivity index (χ0n) is 11.6. The summed E-state index contributed by atoms with van der Waals surface area (Å²) >= 11 is 0. The predicted octanol–water partition coefficient (Wildman–Crippen LogP) is 1.92. The number of nitrogens with zero attached hydrogens (tertiary/aromatic N) is 2. The lowest BCUT2D eigenvalue weighted by Gasteiger charge is -2.24. The number of halogens is 2. The summed E-state index contributed by atoms with van der Waals surface area (Å²) in [5.74, 6) is -1.86. The number of benzene rings is 1. The quantitative estimate of drug-likeness (QED) is 0.264. The average Bonchev–Trinajstić information content (AvgIpc) is 2.43. The highest BCUT2D eigenvalue weighted by Crippen LogP contribution is 2.24. The molecule has 5 nitrogen and oxygen atoms in total. The Morgan fingerprint density at radius 2 is 1.95 bits per heavy atom. The molecule has 7 heteroatoms. The number of hydrogen-bond donors (Lipinski definition) is 2. The van der Waals surface area contributed by atoms with Crippen LogP contribution < -0.4 is 10.6 Å². The van der Waals surface area contributed by atoms with E-state index >= 15 is 0 Å². The first-order valence-electron chi connectivity index (χ1n) is 6.34. The molecule has 0 spiro atoms. The molecule has 1 rings (SSSR count). The maximum Gasteiger partial charge on any atom is 0.170 e. The third kappa shape index (κ3) is 3.80. The Hall–Kier alpha value is -1.89. The van der Waals surface area contributed by atoms with Gasteiger partial charge in [-0.25, -0.2) is 8.78 Å². The van der Waals surface area contributed by atoms with E-state index in [0.29, 0.717) is 26.3 Å². The van der Waals surface area contributed by atoms with Gasteiger partial charge in [0.05, 0.1) is 6.61 Å². The summed E-state index contributed by atoms with van der Waals surface area (Å²) < 4.78 is 33.3. The molecule has 1 aromatic carbocycles. The summed E-state index contributed by atoms with van der Waals surface area (Å²) in [5.41, 5.74) is 5.18. The van der Waals surface area contributed by atoms with Gasteiger partial charge in [0.2, 0.25) is 0 Å². The van der Waals surface area contributed by atoms with E-state index < -0.39 is 11.6 Å². The second kappa shape index (κ2) is 7.64. The zero-order valence-corrected chi connectivity index (χ0v) is 11.6. The van der Waals surface area contributed by atoms with Gasteiger partial charge in [0, 0.05) is 25.3 Å². The number of amidine groups is 1. The SMILES string of the molecule is CCOCCN(CC)c1c(F)cc(C(N)=NO)cc1F. The summed E-state index contributed by atoms with van der Waals surface area (Å²) in [7, 11) is 0. The van der Waals surface area contributed by atoms with Crippen molar-refractivity contribution in [1.82, 2.24) is 0 Å². The molecule has 1 aromatic rings. The number of hydrogen-bond acceptors (Lipinski definition) is 4. The van der Waals surface area contributed by atoms with Gasteiger partial charge in [-0.3, -0.25) is 0 Å². The van der Waals surface area contributed by atoms with Crippen LogP contribution in [-0.4, -0.2) is 37.3 Å². The molecule has 0 unspecified atom stereocenters. The first-order chi connectivity index (χ1) is 9.54. The topological polar surface area (TPSA) is 71.1 Å². The third-order valence-electron chi connectivity index (χ3n) is 2.83. The van der Waals surface area contributed by atoms with Crippen molar-refractivity contribution in [3.8, 4) is 0 Å².